The quantitative estimate of drug-likeness (QED) is 0.659. The van der Waals surface area contributed by atoms with Crippen LogP contribution in [0.1, 0.15) is 56.9 Å². The van der Waals surface area contributed by atoms with Crippen LogP contribution < -0.4 is 10.6 Å². The number of nitriles is 1. The Morgan fingerprint density at radius 1 is 1.08 bits per heavy atom. The maximum absolute atomic E-state index is 12.6. The maximum atomic E-state index is 12.6. The molecule has 5 nitrogen and oxygen atoms in total. The molecule has 2 aliphatic rings. The molecule has 0 saturated heterocycles. The Balaban J connectivity index is 1.62. The van der Waals surface area contributed by atoms with Crippen molar-refractivity contribution in [2.75, 3.05) is 5.32 Å². The summed E-state index contributed by atoms with van der Waals surface area (Å²) >= 11 is 0. The van der Waals surface area contributed by atoms with E-state index in [9.17, 15) is 9.59 Å². The lowest BCUT2D eigenvalue weighted by Gasteiger charge is -2.21. The Bertz CT molecular complexity index is 665. The smallest absolute Gasteiger partial charge is 0.240 e. The first-order chi connectivity index (χ1) is 11.6. The number of benzene rings is 1. The lowest BCUT2D eigenvalue weighted by atomic mass is 10.0. The van der Waals surface area contributed by atoms with Gasteiger partial charge in [-0.05, 0) is 43.9 Å². The zero-order chi connectivity index (χ0) is 17.0. The minimum Gasteiger partial charge on any atom is -0.352 e. The van der Waals surface area contributed by atoms with Gasteiger partial charge in [0.1, 0.15) is 5.41 Å². The van der Waals surface area contributed by atoms with E-state index in [1.54, 1.807) is 24.3 Å². The molecule has 0 unspecified atom stereocenters. The lowest BCUT2D eigenvalue weighted by molar-refractivity contribution is -0.134. The number of anilines is 1. The van der Waals surface area contributed by atoms with Crippen LogP contribution in [0.3, 0.4) is 0 Å². The van der Waals surface area contributed by atoms with Crippen molar-refractivity contribution in [2.24, 2.45) is 5.41 Å². The van der Waals surface area contributed by atoms with Crippen LogP contribution in [0.15, 0.2) is 24.3 Å². The van der Waals surface area contributed by atoms with Gasteiger partial charge in [-0.1, -0.05) is 31.7 Å². The van der Waals surface area contributed by atoms with E-state index < -0.39 is 5.41 Å². The molecule has 0 spiro atoms. The van der Waals surface area contributed by atoms with E-state index in [1.165, 1.54) is 12.8 Å². The zero-order valence-corrected chi connectivity index (χ0v) is 13.8. The van der Waals surface area contributed by atoms with Gasteiger partial charge in [0.15, 0.2) is 0 Å². The molecule has 2 aliphatic carbocycles. The molecule has 0 bridgehead atoms. The molecule has 1 aromatic rings. The van der Waals surface area contributed by atoms with E-state index in [-0.39, 0.29) is 17.9 Å². The molecule has 2 fully saturated rings. The summed E-state index contributed by atoms with van der Waals surface area (Å²) in [6.07, 6.45) is 7.95. The van der Waals surface area contributed by atoms with Gasteiger partial charge in [-0.25, -0.2) is 0 Å². The number of nitrogens with zero attached hydrogens (tertiary/aromatic N) is 1. The predicted octanol–water partition coefficient (Wildman–Crippen LogP) is 3.12. The maximum Gasteiger partial charge on any atom is 0.240 e. The Hall–Kier alpha value is -2.35. The van der Waals surface area contributed by atoms with Gasteiger partial charge in [-0.15, -0.1) is 0 Å². The molecular formula is C19H23N3O2. The third kappa shape index (κ3) is 3.59. The van der Waals surface area contributed by atoms with E-state index in [0.29, 0.717) is 24.1 Å². The fourth-order valence-corrected chi connectivity index (χ4v) is 3.35. The van der Waals surface area contributed by atoms with Crippen molar-refractivity contribution >= 4 is 17.5 Å². The molecule has 0 radical (unpaired) electrons. The van der Waals surface area contributed by atoms with Crippen molar-refractivity contribution in [3.8, 4) is 6.07 Å². The van der Waals surface area contributed by atoms with Crippen molar-refractivity contribution in [1.82, 2.24) is 5.32 Å². The zero-order valence-electron chi connectivity index (χ0n) is 13.8. The normalized spacial score (nSPS) is 19.6. The monoisotopic (exact) mass is 325 g/mol. The standard InChI is InChI=1S/C19H23N3O2/c20-13-14-6-5-9-16(12-14)22-18(24)19(10-11-19)17(23)21-15-7-3-1-2-4-8-15/h5-6,9,12,15H,1-4,7-8,10-11H2,(H,21,23)(H,22,24). The summed E-state index contributed by atoms with van der Waals surface area (Å²) in [5.41, 5.74) is 0.128. The van der Waals surface area contributed by atoms with E-state index in [0.717, 1.165) is 25.7 Å². The summed E-state index contributed by atoms with van der Waals surface area (Å²) in [4.78, 5) is 25.2. The largest absolute Gasteiger partial charge is 0.352 e. The molecule has 5 heteroatoms. The van der Waals surface area contributed by atoms with Crippen molar-refractivity contribution in [2.45, 2.75) is 57.4 Å². The van der Waals surface area contributed by atoms with Crippen molar-refractivity contribution < 1.29 is 9.59 Å². The summed E-state index contributed by atoms with van der Waals surface area (Å²) in [5, 5.41) is 14.8. The van der Waals surface area contributed by atoms with Crippen LogP contribution in [0, 0.1) is 16.7 Å². The van der Waals surface area contributed by atoms with E-state index >= 15 is 0 Å². The van der Waals surface area contributed by atoms with Gasteiger partial charge < -0.3 is 10.6 Å². The lowest BCUT2D eigenvalue weighted by Crippen LogP contribution is -2.44. The molecule has 0 heterocycles. The minimum absolute atomic E-state index is 0.136. The number of amides is 2. The van der Waals surface area contributed by atoms with E-state index in [1.807, 2.05) is 6.07 Å². The highest BCUT2D eigenvalue weighted by Gasteiger charge is 2.56. The van der Waals surface area contributed by atoms with Gasteiger partial charge >= 0.3 is 0 Å². The molecule has 126 valence electrons. The molecule has 0 atom stereocenters. The number of hydrogen-bond donors (Lipinski definition) is 2. The molecule has 3 rings (SSSR count). The van der Waals surface area contributed by atoms with Crippen molar-refractivity contribution in [3.63, 3.8) is 0 Å². The number of hydrogen-bond acceptors (Lipinski definition) is 3. The third-order valence-electron chi connectivity index (χ3n) is 5.06. The van der Waals surface area contributed by atoms with Crippen LogP contribution in [0.5, 0.6) is 0 Å². The summed E-state index contributed by atoms with van der Waals surface area (Å²) in [6.45, 7) is 0. The Morgan fingerprint density at radius 2 is 1.79 bits per heavy atom. The van der Waals surface area contributed by atoms with Crippen LogP contribution in [0.2, 0.25) is 0 Å². The van der Waals surface area contributed by atoms with Crippen LogP contribution in [0.25, 0.3) is 0 Å². The average molecular weight is 325 g/mol. The molecule has 2 saturated carbocycles. The average Bonchev–Trinajstić information content (AvgIpc) is 3.40. The van der Waals surface area contributed by atoms with E-state index in [4.69, 9.17) is 5.26 Å². The summed E-state index contributed by atoms with van der Waals surface area (Å²) in [5.74, 6) is -0.396. The highest BCUT2D eigenvalue weighted by Crippen LogP contribution is 2.47. The third-order valence-corrected chi connectivity index (χ3v) is 5.06. The van der Waals surface area contributed by atoms with Gasteiger partial charge in [0.05, 0.1) is 11.6 Å². The second kappa shape index (κ2) is 7.04. The predicted molar refractivity (Wildman–Crippen MR) is 91.1 cm³/mol. The number of nitrogens with one attached hydrogen (secondary N) is 2. The molecule has 24 heavy (non-hydrogen) atoms. The van der Waals surface area contributed by atoms with Gasteiger partial charge in [0.25, 0.3) is 0 Å². The summed E-state index contributed by atoms with van der Waals surface area (Å²) < 4.78 is 0. The molecule has 2 N–H and O–H groups in total. The second-order valence-electron chi connectivity index (χ2n) is 6.89. The summed E-state index contributed by atoms with van der Waals surface area (Å²) in [7, 11) is 0. The second-order valence-corrected chi connectivity index (χ2v) is 6.89. The first-order valence-corrected chi connectivity index (χ1v) is 8.77. The summed E-state index contributed by atoms with van der Waals surface area (Å²) in [6, 6.07) is 9.01. The van der Waals surface area contributed by atoms with Crippen LogP contribution in [-0.4, -0.2) is 17.9 Å². The van der Waals surface area contributed by atoms with Gasteiger partial charge in [0, 0.05) is 11.7 Å². The Labute approximate surface area is 142 Å². The number of rotatable bonds is 4. The van der Waals surface area contributed by atoms with E-state index in [2.05, 4.69) is 10.6 Å². The first-order valence-electron chi connectivity index (χ1n) is 8.77. The van der Waals surface area contributed by atoms with Crippen molar-refractivity contribution in [3.05, 3.63) is 29.8 Å². The first kappa shape index (κ1) is 16.5. The molecule has 0 aromatic heterocycles. The molecule has 0 aliphatic heterocycles. The van der Waals surface area contributed by atoms with Gasteiger partial charge in [0.2, 0.25) is 11.8 Å². The van der Waals surface area contributed by atoms with Crippen LogP contribution in [0.4, 0.5) is 5.69 Å². The Morgan fingerprint density at radius 3 is 2.42 bits per heavy atom. The van der Waals surface area contributed by atoms with Gasteiger partial charge in [-0.3, -0.25) is 9.59 Å². The molecular weight excluding hydrogens is 302 g/mol. The SMILES string of the molecule is N#Cc1cccc(NC(=O)C2(C(=O)NC3CCCCCC3)CC2)c1. The molecule has 2 amide bonds. The number of carbonyl (C=O) groups excluding carboxylic acids is 2. The fourth-order valence-electron chi connectivity index (χ4n) is 3.35. The fraction of sp³-hybridized carbons (Fsp3) is 0.526. The number of carbonyl (C=O) groups is 2. The van der Waals surface area contributed by atoms with Crippen molar-refractivity contribution in [1.29, 1.82) is 5.26 Å². The topological polar surface area (TPSA) is 82.0 Å². The van der Waals surface area contributed by atoms with Crippen LogP contribution in [-0.2, 0) is 9.59 Å². The minimum atomic E-state index is -0.922. The highest BCUT2D eigenvalue weighted by atomic mass is 16.2. The van der Waals surface area contributed by atoms with Gasteiger partial charge in [-0.2, -0.15) is 5.26 Å². The highest BCUT2D eigenvalue weighted by molar-refractivity contribution is 6.13. The van der Waals surface area contributed by atoms with Crippen LogP contribution >= 0.6 is 0 Å². The molecule has 1 aromatic carbocycles. The Kier molecular flexibility index (Phi) is 4.84.